The Labute approximate surface area is 115 Å². The molecule has 1 aromatic carbocycles. The van der Waals surface area contributed by atoms with Crippen molar-refractivity contribution in [1.29, 1.82) is 0 Å². The fraction of sp³-hybridized carbons (Fsp3) is 0.600. The minimum Gasteiger partial charge on any atom is -0.497 e. The van der Waals surface area contributed by atoms with Gasteiger partial charge in [0.15, 0.2) is 0 Å². The molecule has 0 saturated carbocycles. The summed E-state index contributed by atoms with van der Waals surface area (Å²) in [5.74, 6) is 0.865. The van der Waals surface area contributed by atoms with Gasteiger partial charge in [-0.25, -0.2) is 0 Å². The van der Waals surface area contributed by atoms with Crippen molar-refractivity contribution in [3.63, 3.8) is 0 Å². The molecule has 1 aromatic rings. The summed E-state index contributed by atoms with van der Waals surface area (Å²) in [4.78, 5) is 2.38. The number of hydrogen-bond acceptors (Lipinski definition) is 4. The lowest BCUT2D eigenvalue weighted by Gasteiger charge is -2.36. The molecule has 3 atom stereocenters. The molecule has 1 saturated heterocycles. The summed E-state index contributed by atoms with van der Waals surface area (Å²) < 4.78 is 10.9. The molecule has 0 bridgehead atoms. The molecule has 4 nitrogen and oxygen atoms in total. The molecule has 3 unspecified atom stereocenters. The average molecular weight is 264 g/mol. The Morgan fingerprint density at radius 3 is 2.37 bits per heavy atom. The molecule has 2 rings (SSSR count). The molecule has 1 aliphatic rings. The van der Waals surface area contributed by atoms with Gasteiger partial charge < -0.3 is 15.2 Å². The molecular weight excluding hydrogens is 240 g/mol. The third-order valence-corrected chi connectivity index (χ3v) is 3.49. The van der Waals surface area contributed by atoms with Crippen molar-refractivity contribution in [2.24, 2.45) is 5.73 Å². The van der Waals surface area contributed by atoms with Gasteiger partial charge in [0.1, 0.15) is 5.75 Å². The van der Waals surface area contributed by atoms with E-state index in [1.54, 1.807) is 7.11 Å². The van der Waals surface area contributed by atoms with Gasteiger partial charge in [0.25, 0.3) is 0 Å². The number of methoxy groups -OCH3 is 1. The third-order valence-electron chi connectivity index (χ3n) is 3.49. The predicted octanol–water partition coefficient (Wildman–Crippen LogP) is 1.80. The first-order valence-corrected chi connectivity index (χ1v) is 6.86. The predicted molar refractivity (Wildman–Crippen MR) is 76.4 cm³/mol. The normalized spacial score (nSPS) is 26.1. The van der Waals surface area contributed by atoms with Gasteiger partial charge in [-0.1, -0.05) is 12.1 Å². The Hall–Kier alpha value is -1.10. The monoisotopic (exact) mass is 264 g/mol. The fourth-order valence-electron chi connectivity index (χ4n) is 2.67. The van der Waals surface area contributed by atoms with Crippen LogP contribution in [0.15, 0.2) is 24.3 Å². The van der Waals surface area contributed by atoms with Crippen molar-refractivity contribution in [3.05, 3.63) is 29.8 Å². The van der Waals surface area contributed by atoms with Crippen LogP contribution in [0.5, 0.6) is 5.75 Å². The molecule has 106 valence electrons. The minimum absolute atomic E-state index is 0.0309. The van der Waals surface area contributed by atoms with Gasteiger partial charge in [-0.15, -0.1) is 0 Å². The first-order chi connectivity index (χ1) is 9.08. The molecule has 0 amide bonds. The van der Waals surface area contributed by atoms with Crippen LogP contribution in [0.2, 0.25) is 0 Å². The van der Waals surface area contributed by atoms with Crippen molar-refractivity contribution in [2.45, 2.75) is 32.1 Å². The van der Waals surface area contributed by atoms with E-state index in [0.29, 0.717) is 0 Å². The first kappa shape index (κ1) is 14.3. The number of hydrogen-bond donors (Lipinski definition) is 1. The van der Waals surface area contributed by atoms with Crippen LogP contribution < -0.4 is 10.5 Å². The second-order valence-corrected chi connectivity index (χ2v) is 5.36. The second-order valence-electron chi connectivity index (χ2n) is 5.36. The Morgan fingerprint density at radius 2 is 1.84 bits per heavy atom. The van der Waals surface area contributed by atoms with Gasteiger partial charge in [-0.2, -0.15) is 0 Å². The van der Waals surface area contributed by atoms with E-state index in [0.717, 1.165) is 30.9 Å². The summed E-state index contributed by atoms with van der Waals surface area (Å²) >= 11 is 0. The van der Waals surface area contributed by atoms with E-state index < -0.39 is 0 Å². The van der Waals surface area contributed by atoms with E-state index in [1.165, 1.54) is 0 Å². The first-order valence-electron chi connectivity index (χ1n) is 6.86. The van der Waals surface area contributed by atoms with Crippen molar-refractivity contribution < 1.29 is 9.47 Å². The van der Waals surface area contributed by atoms with E-state index in [2.05, 4.69) is 18.7 Å². The van der Waals surface area contributed by atoms with Gasteiger partial charge in [0.2, 0.25) is 0 Å². The molecule has 2 N–H and O–H groups in total. The number of nitrogens with two attached hydrogens (primary N) is 1. The molecule has 1 heterocycles. The summed E-state index contributed by atoms with van der Waals surface area (Å²) in [7, 11) is 1.67. The van der Waals surface area contributed by atoms with Crippen molar-refractivity contribution >= 4 is 0 Å². The number of benzene rings is 1. The highest BCUT2D eigenvalue weighted by Crippen LogP contribution is 2.19. The Bertz CT molecular complexity index is 384. The van der Waals surface area contributed by atoms with Crippen LogP contribution in [0.1, 0.15) is 25.5 Å². The fourth-order valence-corrected chi connectivity index (χ4v) is 2.67. The van der Waals surface area contributed by atoms with Crippen LogP contribution in [0.25, 0.3) is 0 Å². The molecule has 1 fully saturated rings. The standard InChI is InChI=1S/C15H24N2O2/c1-11-8-17(9-12(2)19-11)10-15(16)13-4-6-14(18-3)7-5-13/h4-7,11-12,15H,8-10,16H2,1-3H3. The van der Waals surface area contributed by atoms with Crippen molar-refractivity contribution in [2.75, 3.05) is 26.7 Å². The van der Waals surface area contributed by atoms with Crippen LogP contribution in [-0.4, -0.2) is 43.9 Å². The van der Waals surface area contributed by atoms with Gasteiger partial charge in [-0.3, -0.25) is 4.90 Å². The molecule has 0 aromatic heterocycles. The smallest absolute Gasteiger partial charge is 0.118 e. The molecule has 4 heteroatoms. The summed E-state index contributed by atoms with van der Waals surface area (Å²) in [6.07, 6.45) is 0.568. The molecule has 19 heavy (non-hydrogen) atoms. The number of nitrogens with zero attached hydrogens (tertiary/aromatic N) is 1. The maximum absolute atomic E-state index is 6.28. The maximum atomic E-state index is 6.28. The van der Waals surface area contributed by atoms with Gasteiger partial charge in [0.05, 0.1) is 19.3 Å². The van der Waals surface area contributed by atoms with Crippen LogP contribution in [0, 0.1) is 0 Å². The van der Waals surface area contributed by atoms with Gasteiger partial charge in [0, 0.05) is 25.7 Å². The maximum Gasteiger partial charge on any atom is 0.118 e. The molecule has 1 aliphatic heterocycles. The lowest BCUT2D eigenvalue weighted by atomic mass is 10.1. The molecule has 0 spiro atoms. The second kappa shape index (κ2) is 6.37. The summed E-state index contributed by atoms with van der Waals surface area (Å²) in [6.45, 7) is 7.00. The van der Waals surface area contributed by atoms with Crippen LogP contribution in [-0.2, 0) is 4.74 Å². The van der Waals surface area contributed by atoms with Gasteiger partial charge >= 0.3 is 0 Å². The van der Waals surface area contributed by atoms with E-state index in [4.69, 9.17) is 15.2 Å². The lowest BCUT2D eigenvalue weighted by Crippen LogP contribution is -2.47. The Balaban J connectivity index is 1.93. The summed E-state index contributed by atoms with van der Waals surface area (Å²) in [5, 5.41) is 0. The van der Waals surface area contributed by atoms with Crippen molar-refractivity contribution in [1.82, 2.24) is 4.90 Å². The summed E-state index contributed by atoms with van der Waals surface area (Å²) in [5.41, 5.74) is 7.43. The zero-order valence-electron chi connectivity index (χ0n) is 12.0. The van der Waals surface area contributed by atoms with Crippen LogP contribution >= 0.6 is 0 Å². The highest BCUT2D eigenvalue weighted by atomic mass is 16.5. The van der Waals surface area contributed by atoms with Crippen molar-refractivity contribution in [3.8, 4) is 5.75 Å². The van der Waals surface area contributed by atoms with E-state index in [1.807, 2.05) is 24.3 Å². The van der Waals surface area contributed by atoms with E-state index in [-0.39, 0.29) is 18.2 Å². The number of ether oxygens (including phenoxy) is 2. The molecule has 0 aliphatic carbocycles. The SMILES string of the molecule is COc1ccc(C(N)CN2CC(C)OC(C)C2)cc1. The Kier molecular flexibility index (Phi) is 4.80. The number of morpholine rings is 1. The highest BCUT2D eigenvalue weighted by molar-refractivity contribution is 5.29. The zero-order chi connectivity index (χ0) is 13.8. The molecular formula is C15H24N2O2. The van der Waals surface area contributed by atoms with Gasteiger partial charge in [-0.05, 0) is 31.5 Å². The highest BCUT2D eigenvalue weighted by Gasteiger charge is 2.23. The third kappa shape index (κ3) is 3.93. The van der Waals surface area contributed by atoms with E-state index in [9.17, 15) is 0 Å². The largest absolute Gasteiger partial charge is 0.497 e. The van der Waals surface area contributed by atoms with Crippen LogP contribution in [0.4, 0.5) is 0 Å². The van der Waals surface area contributed by atoms with E-state index >= 15 is 0 Å². The quantitative estimate of drug-likeness (QED) is 0.901. The molecule has 0 radical (unpaired) electrons. The zero-order valence-corrected chi connectivity index (χ0v) is 12.0. The lowest BCUT2D eigenvalue weighted by molar-refractivity contribution is -0.0691. The topological polar surface area (TPSA) is 47.7 Å². The summed E-state index contributed by atoms with van der Waals surface area (Å²) in [6, 6.07) is 8.02. The average Bonchev–Trinajstić information content (AvgIpc) is 2.37. The minimum atomic E-state index is 0.0309. The number of rotatable bonds is 4. The Morgan fingerprint density at radius 1 is 1.26 bits per heavy atom. The van der Waals surface area contributed by atoms with Crippen LogP contribution in [0.3, 0.4) is 0 Å².